The summed E-state index contributed by atoms with van der Waals surface area (Å²) in [5.41, 5.74) is -0.652. The molecule has 8 heteroatoms. The lowest BCUT2D eigenvalue weighted by Crippen LogP contribution is -2.23. The first-order valence-electron chi connectivity index (χ1n) is 8.45. The molecule has 3 rings (SSSR count). The first-order valence-corrected chi connectivity index (χ1v) is 8.45. The van der Waals surface area contributed by atoms with Crippen molar-refractivity contribution in [2.45, 2.75) is 13.1 Å². The highest BCUT2D eigenvalue weighted by Crippen LogP contribution is 2.29. The van der Waals surface area contributed by atoms with Gasteiger partial charge < -0.3 is 14.6 Å². The van der Waals surface area contributed by atoms with Crippen molar-refractivity contribution in [2.24, 2.45) is 7.05 Å². The number of amides is 1. The number of aryl methyl sites for hydroxylation is 1. The van der Waals surface area contributed by atoms with E-state index in [0.717, 1.165) is 24.3 Å². The molecule has 28 heavy (non-hydrogen) atoms. The number of halogens is 3. The smallest absolute Gasteiger partial charge is 0.416 e. The molecule has 1 N–H and O–H groups in total. The molecule has 0 bridgehead atoms. The summed E-state index contributed by atoms with van der Waals surface area (Å²) < 4.78 is 45.0. The quantitative estimate of drug-likeness (QED) is 0.726. The molecule has 3 aromatic rings. The monoisotopic (exact) mass is 390 g/mol. The van der Waals surface area contributed by atoms with Gasteiger partial charge in [-0.1, -0.05) is 0 Å². The van der Waals surface area contributed by atoms with Crippen LogP contribution in [-0.4, -0.2) is 17.1 Å². The second-order valence-electron chi connectivity index (χ2n) is 6.12. The molecule has 0 saturated heterocycles. The van der Waals surface area contributed by atoms with Crippen LogP contribution >= 0.6 is 0 Å². The Morgan fingerprint density at radius 2 is 1.82 bits per heavy atom. The number of alkyl halides is 3. The van der Waals surface area contributed by atoms with Crippen LogP contribution in [0.2, 0.25) is 0 Å². The highest BCUT2D eigenvalue weighted by Gasteiger charge is 2.30. The van der Waals surface area contributed by atoms with Gasteiger partial charge in [-0.05, 0) is 49.4 Å². The van der Waals surface area contributed by atoms with Crippen LogP contribution in [0, 0.1) is 0 Å². The SMILES string of the molecule is CCOc1ccc2c(c1)c(=O)c(C(=O)Nc1ccc(C(F)(F)F)cc1)cn2C. The Morgan fingerprint density at radius 1 is 1.14 bits per heavy atom. The third-order valence-corrected chi connectivity index (χ3v) is 4.19. The summed E-state index contributed by atoms with van der Waals surface area (Å²) in [6, 6.07) is 9.02. The summed E-state index contributed by atoms with van der Waals surface area (Å²) >= 11 is 0. The van der Waals surface area contributed by atoms with Crippen LogP contribution in [0.3, 0.4) is 0 Å². The van der Waals surface area contributed by atoms with E-state index >= 15 is 0 Å². The molecule has 1 heterocycles. The Balaban J connectivity index is 1.95. The van der Waals surface area contributed by atoms with Gasteiger partial charge in [-0.3, -0.25) is 9.59 Å². The van der Waals surface area contributed by atoms with Crippen LogP contribution < -0.4 is 15.5 Å². The number of hydrogen-bond donors (Lipinski definition) is 1. The van der Waals surface area contributed by atoms with E-state index in [-0.39, 0.29) is 11.3 Å². The minimum atomic E-state index is -4.46. The summed E-state index contributed by atoms with van der Waals surface area (Å²) in [6.07, 6.45) is -3.07. The van der Waals surface area contributed by atoms with E-state index in [1.54, 1.807) is 29.8 Å². The summed E-state index contributed by atoms with van der Waals surface area (Å²) in [7, 11) is 1.69. The van der Waals surface area contributed by atoms with Crippen LogP contribution in [0.4, 0.5) is 18.9 Å². The topological polar surface area (TPSA) is 60.3 Å². The summed E-state index contributed by atoms with van der Waals surface area (Å²) in [5, 5.41) is 2.77. The van der Waals surface area contributed by atoms with Crippen molar-refractivity contribution in [1.29, 1.82) is 0 Å². The number of anilines is 1. The molecule has 0 unspecified atom stereocenters. The molecule has 0 fully saturated rings. The molecule has 0 aliphatic heterocycles. The van der Waals surface area contributed by atoms with Crippen molar-refractivity contribution in [3.05, 3.63) is 70.0 Å². The standard InChI is InChI=1S/C20H17F3N2O3/c1-3-28-14-8-9-17-15(10-14)18(26)16(11-25(17)2)19(27)24-13-6-4-12(5-7-13)20(21,22)23/h4-11H,3H2,1-2H3,(H,24,27). The van der Waals surface area contributed by atoms with Crippen molar-refractivity contribution in [2.75, 3.05) is 11.9 Å². The first kappa shape index (κ1) is 19.5. The van der Waals surface area contributed by atoms with E-state index in [0.29, 0.717) is 23.3 Å². The maximum atomic E-state index is 12.8. The summed E-state index contributed by atoms with van der Waals surface area (Å²) in [4.78, 5) is 25.3. The molecule has 0 aliphatic carbocycles. The Bertz CT molecular complexity index is 1090. The fourth-order valence-electron chi connectivity index (χ4n) is 2.83. The molecule has 1 amide bonds. The van der Waals surface area contributed by atoms with Crippen LogP contribution in [0.15, 0.2) is 53.5 Å². The molecule has 2 aromatic carbocycles. The minimum absolute atomic E-state index is 0.122. The summed E-state index contributed by atoms with van der Waals surface area (Å²) in [5.74, 6) is -0.198. The zero-order valence-electron chi connectivity index (χ0n) is 15.1. The second kappa shape index (κ2) is 7.38. The fourth-order valence-corrected chi connectivity index (χ4v) is 2.83. The van der Waals surface area contributed by atoms with E-state index < -0.39 is 23.1 Å². The third-order valence-electron chi connectivity index (χ3n) is 4.19. The van der Waals surface area contributed by atoms with Crippen LogP contribution in [0.25, 0.3) is 10.9 Å². The van der Waals surface area contributed by atoms with Gasteiger partial charge >= 0.3 is 6.18 Å². The van der Waals surface area contributed by atoms with Crippen molar-refractivity contribution in [1.82, 2.24) is 4.57 Å². The number of pyridine rings is 1. The third kappa shape index (κ3) is 3.85. The molecule has 0 spiro atoms. The molecule has 146 valence electrons. The average molecular weight is 390 g/mol. The zero-order chi connectivity index (χ0) is 20.5. The van der Waals surface area contributed by atoms with Gasteiger partial charge in [0.25, 0.3) is 5.91 Å². The van der Waals surface area contributed by atoms with E-state index in [9.17, 15) is 22.8 Å². The van der Waals surface area contributed by atoms with E-state index in [1.807, 2.05) is 6.92 Å². The number of aromatic nitrogens is 1. The lowest BCUT2D eigenvalue weighted by Gasteiger charge is -2.12. The number of hydrogen-bond acceptors (Lipinski definition) is 3. The van der Waals surface area contributed by atoms with Crippen LogP contribution in [-0.2, 0) is 13.2 Å². The Labute approximate surface area is 158 Å². The maximum Gasteiger partial charge on any atom is 0.416 e. The van der Waals surface area contributed by atoms with E-state index in [2.05, 4.69) is 5.32 Å². The molecule has 0 atom stereocenters. The summed E-state index contributed by atoms with van der Waals surface area (Å²) in [6.45, 7) is 2.25. The van der Waals surface area contributed by atoms with Crippen molar-refractivity contribution in [3.8, 4) is 5.75 Å². The van der Waals surface area contributed by atoms with Gasteiger partial charge in [0.15, 0.2) is 0 Å². The molecule has 0 radical (unpaired) electrons. The zero-order valence-corrected chi connectivity index (χ0v) is 15.1. The Kier molecular flexibility index (Phi) is 5.13. The Hall–Kier alpha value is -3.29. The maximum absolute atomic E-state index is 12.8. The van der Waals surface area contributed by atoms with Gasteiger partial charge in [-0.25, -0.2) is 0 Å². The van der Waals surface area contributed by atoms with Gasteiger partial charge in [0.05, 0.1) is 23.1 Å². The van der Waals surface area contributed by atoms with Gasteiger partial charge in [0, 0.05) is 18.9 Å². The Morgan fingerprint density at radius 3 is 2.43 bits per heavy atom. The van der Waals surface area contributed by atoms with Gasteiger partial charge in [-0.15, -0.1) is 0 Å². The number of nitrogens with zero attached hydrogens (tertiary/aromatic N) is 1. The minimum Gasteiger partial charge on any atom is -0.494 e. The molecule has 5 nitrogen and oxygen atoms in total. The lowest BCUT2D eigenvalue weighted by atomic mass is 10.1. The highest BCUT2D eigenvalue weighted by atomic mass is 19.4. The van der Waals surface area contributed by atoms with Crippen LogP contribution in [0.5, 0.6) is 5.75 Å². The van der Waals surface area contributed by atoms with Gasteiger partial charge in [-0.2, -0.15) is 13.2 Å². The number of nitrogens with one attached hydrogen (secondary N) is 1. The second-order valence-corrected chi connectivity index (χ2v) is 6.12. The molecule has 0 aliphatic rings. The van der Waals surface area contributed by atoms with E-state index in [1.165, 1.54) is 6.20 Å². The largest absolute Gasteiger partial charge is 0.494 e. The molecule has 1 aromatic heterocycles. The molecular formula is C20H17F3N2O3. The van der Waals surface area contributed by atoms with Gasteiger partial charge in [0.2, 0.25) is 5.43 Å². The normalized spacial score (nSPS) is 11.5. The number of benzene rings is 2. The predicted molar refractivity (Wildman–Crippen MR) is 99.8 cm³/mol. The number of fused-ring (bicyclic) bond motifs is 1. The van der Waals surface area contributed by atoms with Gasteiger partial charge in [0.1, 0.15) is 11.3 Å². The van der Waals surface area contributed by atoms with Crippen molar-refractivity contribution < 1.29 is 22.7 Å². The first-order chi connectivity index (χ1) is 13.2. The molecule has 0 saturated carbocycles. The number of carbonyl (C=O) groups excluding carboxylic acids is 1. The lowest BCUT2D eigenvalue weighted by molar-refractivity contribution is -0.137. The van der Waals surface area contributed by atoms with Crippen molar-refractivity contribution >= 4 is 22.5 Å². The number of rotatable bonds is 4. The number of carbonyl (C=O) groups is 1. The van der Waals surface area contributed by atoms with Crippen LogP contribution in [0.1, 0.15) is 22.8 Å². The number of ether oxygens (including phenoxy) is 1. The molecular weight excluding hydrogens is 373 g/mol. The fraction of sp³-hybridized carbons (Fsp3) is 0.200. The van der Waals surface area contributed by atoms with Crippen molar-refractivity contribution in [3.63, 3.8) is 0 Å². The predicted octanol–water partition coefficient (Wildman–Crippen LogP) is 4.21. The van der Waals surface area contributed by atoms with E-state index in [4.69, 9.17) is 4.74 Å². The average Bonchev–Trinajstić information content (AvgIpc) is 2.64. The highest BCUT2D eigenvalue weighted by molar-refractivity contribution is 6.05.